The highest BCUT2D eigenvalue weighted by Gasteiger charge is 2.18. The first-order chi connectivity index (χ1) is 6.16. The molecule has 0 saturated carbocycles. The van der Waals surface area contributed by atoms with Crippen molar-refractivity contribution in [3.05, 3.63) is 34.9 Å². The Morgan fingerprint density at radius 1 is 1.31 bits per heavy atom. The normalized spacial score (nSPS) is 15.4. The van der Waals surface area contributed by atoms with E-state index in [4.69, 9.17) is 17.3 Å². The Morgan fingerprint density at radius 2 is 1.92 bits per heavy atom. The zero-order valence-electron chi connectivity index (χ0n) is 7.02. The first-order valence-corrected chi connectivity index (χ1v) is 4.35. The van der Waals surface area contributed by atoms with Crippen LogP contribution in [0.2, 0.25) is 5.02 Å². The zero-order valence-corrected chi connectivity index (χ0v) is 7.78. The summed E-state index contributed by atoms with van der Waals surface area (Å²) in [7, 11) is 0. The summed E-state index contributed by atoms with van der Waals surface area (Å²) < 4.78 is 0. The lowest BCUT2D eigenvalue weighted by molar-refractivity contribution is 0.0244. The summed E-state index contributed by atoms with van der Waals surface area (Å²) in [6, 6.07) is 6.82. The Kier molecular flexibility index (Phi) is 3.69. The van der Waals surface area contributed by atoms with E-state index in [0.29, 0.717) is 10.6 Å². The Balaban J connectivity index is 2.88. The zero-order chi connectivity index (χ0) is 9.84. The van der Waals surface area contributed by atoms with Crippen LogP contribution < -0.4 is 5.73 Å². The molecule has 2 unspecified atom stereocenters. The van der Waals surface area contributed by atoms with Gasteiger partial charge in [-0.15, -0.1) is 0 Å². The molecule has 0 aliphatic heterocycles. The molecule has 3 nitrogen and oxygen atoms in total. The summed E-state index contributed by atoms with van der Waals surface area (Å²) >= 11 is 5.81. The number of aliphatic hydroxyl groups is 2. The number of hydrogen-bond acceptors (Lipinski definition) is 3. The van der Waals surface area contributed by atoms with Crippen LogP contribution in [0.5, 0.6) is 0 Å². The van der Waals surface area contributed by atoms with Crippen LogP contribution in [0, 0.1) is 0 Å². The molecular formula is C9H12ClNO2. The van der Waals surface area contributed by atoms with Gasteiger partial charge in [-0.2, -0.15) is 0 Å². The van der Waals surface area contributed by atoms with Crippen molar-refractivity contribution in [2.45, 2.75) is 12.2 Å². The Bertz CT molecular complexity index is 280. The highest BCUT2D eigenvalue weighted by atomic mass is 35.5. The van der Waals surface area contributed by atoms with Crippen molar-refractivity contribution in [2.24, 2.45) is 5.73 Å². The van der Waals surface area contributed by atoms with Gasteiger partial charge in [0.2, 0.25) is 0 Å². The van der Waals surface area contributed by atoms with Crippen molar-refractivity contribution in [3.63, 3.8) is 0 Å². The molecule has 0 aromatic heterocycles. The van der Waals surface area contributed by atoms with Crippen molar-refractivity contribution in [3.8, 4) is 0 Å². The summed E-state index contributed by atoms with van der Waals surface area (Å²) in [6.45, 7) is 0.00634. The highest BCUT2D eigenvalue weighted by Crippen LogP contribution is 2.24. The van der Waals surface area contributed by atoms with Crippen LogP contribution in [0.4, 0.5) is 0 Å². The Morgan fingerprint density at radius 3 is 2.46 bits per heavy atom. The standard InChI is InChI=1S/C9H12ClNO2/c10-7-4-2-1-3-6(7)9(13)8(12)5-11/h1-4,8-9,12-13H,5,11H2. The van der Waals surface area contributed by atoms with Gasteiger partial charge in [0.1, 0.15) is 6.10 Å². The van der Waals surface area contributed by atoms with Crippen molar-refractivity contribution in [1.82, 2.24) is 0 Å². The molecule has 1 aromatic carbocycles. The molecule has 1 rings (SSSR count). The summed E-state index contributed by atoms with van der Waals surface area (Å²) in [5, 5.41) is 19.3. The number of halogens is 1. The molecule has 0 bridgehead atoms. The average molecular weight is 202 g/mol. The number of hydrogen-bond donors (Lipinski definition) is 3. The molecule has 0 fully saturated rings. The number of benzene rings is 1. The molecule has 4 N–H and O–H groups in total. The van der Waals surface area contributed by atoms with Gasteiger partial charge in [0, 0.05) is 17.1 Å². The lowest BCUT2D eigenvalue weighted by Gasteiger charge is -2.17. The van der Waals surface area contributed by atoms with Gasteiger partial charge in [0.05, 0.1) is 6.10 Å². The fourth-order valence-electron chi connectivity index (χ4n) is 1.05. The van der Waals surface area contributed by atoms with Gasteiger partial charge < -0.3 is 15.9 Å². The van der Waals surface area contributed by atoms with Gasteiger partial charge in [0.15, 0.2) is 0 Å². The lowest BCUT2D eigenvalue weighted by atomic mass is 10.0. The van der Waals surface area contributed by atoms with E-state index < -0.39 is 12.2 Å². The van der Waals surface area contributed by atoms with E-state index >= 15 is 0 Å². The lowest BCUT2D eigenvalue weighted by Crippen LogP contribution is -2.27. The fourth-order valence-corrected chi connectivity index (χ4v) is 1.30. The molecule has 72 valence electrons. The quantitative estimate of drug-likeness (QED) is 0.674. The molecule has 0 saturated heterocycles. The summed E-state index contributed by atoms with van der Waals surface area (Å²) in [5.41, 5.74) is 5.71. The highest BCUT2D eigenvalue weighted by molar-refractivity contribution is 6.31. The van der Waals surface area contributed by atoms with Crippen molar-refractivity contribution in [1.29, 1.82) is 0 Å². The van der Waals surface area contributed by atoms with Crippen LogP contribution in [0.3, 0.4) is 0 Å². The first-order valence-electron chi connectivity index (χ1n) is 3.97. The molecule has 0 radical (unpaired) electrons. The van der Waals surface area contributed by atoms with Gasteiger partial charge in [-0.25, -0.2) is 0 Å². The Labute approximate surface area is 81.8 Å². The monoisotopic (exact) mass is 201 g/mol. The second-order valence-corrected chi connectivity index (χ2v) is 3.18. The fraction of sp³-hybridized carbons (Fsp3) is 0.333. The van der Waals surface area contributed by atoms with Gasteiger partial charge in [-0.05, 0) is 6.07 Å². The second kappa shape index (κ2) is 4.58. The van der Waals surface area contributed by atoms with Crippen LogP contribution in [-0.4, -0.2) is 22.9 Å². The predicted molar refractivity (Wildman–Crippen MR) is 51.5 cm³/mol. The van der Waals surface area contributed by atoms with E-state index in [0.717, 1.165) is 0 Å². The third-order valence-corrected chi connectivity index (χ3v) is 2.17. The minimum atomic E-state index is -1.02. The van der Waals surface area contributed by atoms with Crippen molar-refractivity contribution < 1.29 is 10.2 Å². The van der Waals surface area contributed by atoms with E-state index in [2.05, 4.69) is 0 Å². The van der Waals surface area contributed by atoms with Gasteiger partial charge in [0.25, 0.3) is 0 Å². The van der Waals surface area contributed by atoms with Crippen molar-refractivity contribution >= 4 is 11.6 Å². The predicted octanol–water partition coefficient (Wildman–Crippen LogP) is 0.693. The third kappa shape index (κ3) is 2.42. The van der Waals surface area contributed by atoms with Crippen LogP contribution in [-0.2, 0) is 0 Å². The van der Waals surface area contributed by atoms with Gasteiger partial charge in [-0.1, -0.05) is 29.8 Å². The minimum Gasteiger partial charge on any atom is -0.389 e. The van der Waals surface area contributed by atoms with E-state index in [1.807, 2.05) is 0 Å². The molecule has 0 aliphatic carbocycles. The van der Waals surface area contributed by atoms with E-state index in [1.54, 1.807) is 24.3 Å². The maximum Gasteiger partial charge on any atom is 0.108 e. The third-order valence-electron chi connectivity index (χ3n) is 1.83. The number of aliphatic hydroxyl groups excluding tert-OH is 2. The number of nitrogens with two attached hydrogens (primary N) is 1. The van der Waals surface area contributed by atoms with Gasteiger partial charge >= 0.3 is 0 Å². The van der Waals surface area contributed by atoms with Crippen LogP contribution >= 0.6 is 11.6 Å². The van der Waals surface area contributed by atoms with E-state index in [1.165, 1.54) is 0 Å². The summed E-state index contributed by atoms with van der Waals surface area (Å²) in [6.07, 6.45) is -1.99. The van der Waals surface area contributed by atoms with E-state index in [-0.39, 0.29) is 6.54 Å². The van der Waals surface area contributed by atoms with Crippen molar-refractivity contribution in [2.75, 3.05) is 6.54 Å². The molecule has 4 heteroatoms. The van der Waals surface area contributed by atoms with E-state index in [9.17, 15) is 10.2 Å². The Hall–Kier alpha value is -0.610. The SMILES string of the molecule is NCC(O)C(O)c1ccccc1Cl. The molecule has 13 heavy (non-hydrogen) atoms. The van der Waals surface area contributed by atoms with Crippen LogP contribution in [0.15, 0.2) is 24.3 Å². The van der Waals surface area contributed by atoms with Crippen LogP contribution in [0.25, 0.3) is 0 Å². The number of rotatable bonds is 3. The average Bonchev–Trinajstić information content (AvgIpc) is 2.16. The topological polar surface area (TPSA) is 66.5 Å². The van der Waals surface area contributed by atoms with Gasteiger partial charge in [-0.3, -0.25) is 0 Å². The molecule has 0 heterocycles. The molecule has 2 atom stereocenters. The second-order valence-electron chi connectivity index (χ2n) is 2.77. The van der Waals surface area contributed by atoms with Crippen LogP contribution in [0.1, 0.15) is 11.7 Å². The molecule has 0 spiro atoms. The minimum absolute atomic E-state index is 0.00634. The maximum atomic E-state index is 9.56. The largest absolute Gasteiger partial charge is 0.389 e. The molecule has 0 aliphatic rings. The molecule has 1 aromatic rings. The summed E-state index contributed by atoms with van der Waals surface area (Å²) in [4.78, 5) is 0. The smallest absolute Gasteiger partial charge is 0.108 e. The maximum absolute atomic E-state index is 9.56. The summed E-state index contributed by atoms with van der Waals surface area (Å²) in [5.74, 6) is 0. The molecular weight excluding hydrogens is 190 g/mol. The first kappa shape index (κ1) is 10.5. The molecule has 0 amide bonds.